The summed E-state index contributed by atoms with van der Waals surface area (Å²) >= 11 is 0. The second kappa shape index (κ2) is 7.14. The zero-order valence-corrected chi connectivity index (χ0v) is 14.8. The zero-order valence-electron chi connectivity index (χ0n) is 14.8. The standard InChI is InChI=1S/C19H26N4O2/c1-14(22-9-11-25-12-10-22)19(24)23-8-4-5-15(13-23)18-20-16-6-2-3-7-17(16)21-18/h2-3,6-7,14-15H,4-5,8-13H2,1H3,(H,20,21)/t14-,15-/m1/s1. The second-order valence-electron chi connectivity index (χ2n) is 7.09. The lowest BCUT2D eigenvalue weighted by Crippen LogP contribution is -2.52. The van der Waals surface area contributed by atoms with Gasteiger partial charge in [0.15, 0.2) is 0 Å². The molecular formula is C19H26N4O2. The first-order chi connectivity index (χ1) is 12.2. The van der Waals surface area contributed by atoms with Gasteiger partial charge in [-0.25, -0.2) is 4.98 Å². The lowest BCUT2D eigenvalue weighted by Gasteiger charge is -2.37. The van der Waals surface area contributed by atoms with E-state index in [2.05, 4.69) is 16.0 Å². The summed E-state index contributed by atoms with van der Waals surface area (Å²) in [5.74, 6) is 1.54. The van der Waals surface area contributed by atoms with Crippen molar-refractivity contribution < 1.29 is 9.53 Å². The lowest BCUT2D eigenvalue weighted by atomic mass is 9.96. The van der Waals surface area contributed by atoms with Crippen LogP contribution in [0.1, 0.15) is 31.5 Å². The van der Waals surface area contributed by atoms with Gasteiger partial charge in [0.05, 0.1) is 30.3 Å². The Morgan fingerprint density at radius 2 is 2.08 bits per heavy atom. The minimum Gasteiger partial charge on any atom is -0.379 e. The Kier molecular flexibility index (Phi) is 4.72. The van der Waals surface area contributed by atoms with E-state index in [1.807, 2.05) is 30.0 Å². The molecule has 2 aliphatic heterocycles. The molecule has 0 aliphatic carbocycles. The molecule has 1 aromatic carbocycles. The normalized spacial score (nSPS) is 23.7. The van der Waals surface area contributed by atoms with Crippen molar-refractivity contribution in [2.24, 2.45) is 0 Å². The topological polar surface area (TPSA) is 61.5 Å². The van der Waals surface area contributed by atoms with Crippen molar-refractivity contribution >= 4 is 16.9 Å². The van der Waals surface area contributed by atoms with Gasteiger partial charge in [-0.05, 0) is 31.9 Å². The molecule has 4 rings (SSSR count). The Morgan fingerprint density at radius 3 is 2.88 bits per heavy atom. The van der Waals surface area contributed by atoms with Gasteiger partial charge in [0.2, 0.25) is 5.91 Å². The molecule has 1 amide bonds. The number of hydrogen-bond acceptors (Lipinski definition) is 4. The molecule has 2 aromatic rings. The predicted octanol–water partition coefficient (Wildman–Crippen LogP) is 1.99. The highest BCUT2D eigenvalue weighted by Crippen LogP contribution is 2.27. The van der Waals surface area contributed by atoms with Crippen LogP contribution in [0, 0.1) is 0 Å². The number of benzene rings is 1. The Bertz CT molecular complexity index is 705. The summed E-state index contributed by atoms with van der Waals surface area (Å²) in [6.45, 7) is 6.76. The highest BCUT2D eigenvalue weighted by Gasteiger charge is 2.31. The third kappa shape index (κ3) is 3.41. The molecule has 2 aliphatic rings. The van der Waals surface area contributed by atoms with E-state index in [-0.39, 0.29) is 11.9 Å². The van der Waals surface area contributed by atoms with Gasteiger partial charge in [0, 0.05) is 32.1 Å². The highest BCUT2D eigenvalue weighted by atomic mass is 16.5. The molecule has 1 aromatic heterocycles. The number of likely N-dealkylation sites (tertiary alicyclic amines) is 1. The van der Waals surface area contributed by atoms with Crippen molar-refractivity contribution in [2.45, 2.75) is 31.7 Å². The van der Waals surface area contributed by atoms with E-state index in [9.17, 15) is 4.79 Å². The van der Waals surface area contributed by atoms with E-state index >= 15 is 0 Å². The third-order valence-corrected chi connectivity index (χ3v) is 5.48. The molecule has 2 atom stereocenters. The number of piperidine rings is 1. The summed E-state index contributed by atoms with van der Waals surface area (Å²) in [5.41, 5.74) is 2.07. The van der Waals surface area contributed by atoms with Gasteiger partial charge in [0.1, 0.15) is 5.82 Å². The molecule has 134 valence electrons. The van der Waals surface area contributed by atoms with Gasteiger partial charge in [-0.3, -0.25) is 9.69 Å². The van der Waals surface area contributed by atoms with E-state index in [1.54, 1.807) is 0 Å². The van der Waals surface area contributed by atoms with Gasteiger partial charge >= 0.3 is 0 Å². The molecule has 25 heavy (non-hydrogen) atoms. The minimum atomic E-state index is -0.0710. The van der Waals surface area contributed by atoms with Gasteiger partial charge in [-0.15, -0.1) is 0 Å². The van der Waals surface area contributed by atoms with Crippen LogP contribution in [0.4, 0.5) is 0 Å². The quantitative estimate of drug-likeness (QED) is 0.927. The Balaban J connectivity index is 1.45. The Hall–Kier alpha value is -1.92. The van der Waals surface area contributed by atoms with Crippen molar-refractivity contribution in [3.05, 3.63) is 30.1 Å². The molecule has 1 N–H and O–H groups in total. The van der Waals surface area contributed by atoms with Crippen LogP contribution in [-0.2, 0) is 9.53 Å². The van der Waals surface area contributed by atoms with Crippen LogP contribution in [0.25, 0.3) is 11.0 Å². The number of carbonyl (C=O) groups excluding carboxylic acids is 1. The number of ether oxygens (including phenoxy) is 1. The first kappa shape index (κ1) is 16.5. The maximum Gasteiger partial charge on any atom is 0.239 e. The number of aromatic nitrogens is 2. The molecule has 0 bridgehead atoms. The first-order valence-corrected chi connectivity index (χ1v) is 9.27. The fraction of sp³-hybridized carbons (Fsp3) is 0.579. The fourth-order valence-corrected chi connectivity index (χ4v) is 3.95. The smallest absolute Gasteiger partial charge is 0.239 e. The molecule has 0 radical (unpaired) electrons. The maximum absolute atomic E-state index is 13.0. The average Bonchev–Trinajstić information content (AvgIpc) is 3.12. The molecule has 6 heteroatoms. The number of morpholine rings is 1. The number of fused-ring (bicyclic) bond motifs is 1. The molecule has 0 saturated carbocycles. The molecular weight excluding hydrogens is 316 g/mol. The second-order valence-corrected chi connectivity index (χ2v) is 7.09. The van der Waals surface area contributed by atoms with Crippen molar-refractivity contribution in [1.82, 2.24) is 19.8 Å². The summed E-state index contributed by atoms with van der Waals surface area (Å²) < 4.78 is 5.40. The van der Waals surface area contributed by atoms with E-state index in [0.29, 0.717) is 5.92 Å². The highest BCUT2D eigenvalue weighted by molar-refractivity contribution is 5.81. The molecule has 6 nitrogen and oxygen atoms in total. The average molecular weight is 342 g/mol. The Morgan fingerprint density at radius 1 is 1.28 bits per heavy atom. The summed E-state index contributed by atoms with van der Waals surface area (Å²) in [6, 6.07) is 8.04. The van der Waals surface area contributed by atoms with Crippen LogP contribution in [0.2, 0.25) is 0 Å². The number of nitrogens with one attached hydrogen (secondary N) is 1. The predicted molar refractivity (Wildman–Crippen MR) is 96.5 cm³/mol. The summed E-state index contributed by atoms with van der Waals surface area (Å²) in [6.07, 6.45) is 2.11. The van der Waals surface area contributed by atoms with E-state index in [4.69, 9.17) is 9.72 Å². The van der Waals surface area contributed by atoms with Crippen LogP contribution in [0.3, 0.4) is 0 Å². The SMILES string of the molecule is C[C@H](C(=O)N1CCC[C@@H](c2nc3ccccc3[nH]2)C1)N1CCOCC1. The van der Waals surface area contributed by atoms with Crippen LogP contribution in [-0.4, -0.2) is 71.1 Å². The largest absolute Gasteiger partial charge is 0.379 e. The van der Waals surface area contributed by atoms with Crippen LogP contribution >= 0.6 is 0 Å². The van der Waals surface area contributed by atoms with Crippen molar-refractivity contribution in [1.29, 1.82) is 0 Å². The number of hydrogen-bond donors (Lipinski definition) is 1. The van der Waals surface area contributed by atoms with Gasteiger partial charge in [-0.2, -0.15) is 0 Å². The number of nitrogens with zero attached hydrogens (tertiary/aromatic N) is 3. The number of aromatic amines is 1. The fourth-order valence-electron chi connectivity index (χ4n) is 3.95. The molecule has 3 heterocycles. The number of H-pyrrole nitrogens is 1. The number of imidazole rings is 1. The summed E-state index contributed by atoms with van der Waals surface area (Å²) in [7, 11) is 0. The summed E-state index contributed by atoms with van der Waals surface area (Å²) in [5, 5.41) is 0. The Labute approximate surface area is 148 Å². The minimum absolute atomic E-state index is 0.0710. The van der Waals surface area contributed by atoms with E-state index in [1.165, 1.54) is 0 Å². The van der Waals surface area contributed by atoms with Gasteiger partial charge in [0.25, 0.3) is 0 Å². The zero-order chi connectivity index (χ0) is 17.2. The van der Waals surface area contributed by atoms with Crippen LogP contribution in [0.15, 0.2) is 24.3 Å². The lowest BCUT2D eigenvalue weighted by molar-refractivity contribution is -0.139. The van der Waals surface area contributed by atoms with Crippen LogP contribution < -0.4 is 0 Å². The molecule has 2 saturated heterocycles. The molecule has 0 unspecified atom stereocenters. The maximum atomic E-state index is 13.0. The number of carbonyl (C=O) groups is 1. The van der Waals surface area contributed by atoms with Crippen molar-refractivity contribution in [3.8, 4) is 0 Å². The number of rotatable bonds is 3. The van der Waals surface area contributed by atoms with E-state index < -0.39 is 0 Å². The summed E-state index contributed by atoms with van der Waals surface area (Å²) in [4.78, 5) is 25.4. The van der Waals surface area contributed by atoms with Crippen molar-refractivity contribution in [2.75, 3.05) is 39.4 Å². The first-order valence-electron chi connectivity index (χ1n) is 9.27. The van der Waals surface area contributed by atoms with E-state index in [0.717, 1.165) is 69.1 Å². The van der Waals surface area contributed by atoms with Crippen molar-refractivity contribution in [3.63, 3.8) is 0 Å². The number of amides is 1. The van der Waals surface area contributed by atoms with Crippen LogP contribution in [0.5, 0.6) is 0 Å². The molecule has 0 spiro atoms. The van der Waals surface area contributed by atoms with Gasteiger partial charge < -0.3 is 14.6 Å². The van der Waals surface area contributed by atoms with Gasteiger partial charge in [-0.1, -0.05) is 12.1 Å². The third-order valence-electron chi connectivity index (χ3n) is 5.48. The number of para-hydroxylation sites is 2. The monoisotopic (exact) mass is 342 g/mol. The molecule has 2 fully saturated rings.